The summed E-state index contributed by atoms with van der Waals surface area (Å²) in [5, 5.41) is 9.54. The van der Waals surface area contributed by atoms with Gasteiger partial charge in [-0.1, -0.05) is 121 Å². The highest BCUT2D eigenvalue weighted by Crippen LogP contribution is 2.49. The largest absolute Gasteiger partial charge is 0.455 e. The van der Waals surface area contributed by atoms with Gasteiger partial charge in [0.1, 0.15) is 11.2 Å². The van der Waals surface area contributed by atoms with Crippen LogP contribution in [0.2, 0.25) is 0 Å². The van der Waals surface area contributed by atoms with Gasteiger partial charge in [-0.25, -0.2) is 0 Å². The Labute approximate surface area is 326 Å². The van der Waals surface area contributed by atoms with Crippen molar-refractivity contribution in [2.45, 2.75) is 0 Å². The summed E-state index contributed by atoms with van der Waals surface area (Å²) in [6, 6.07) is 70.2. The Morgan fingerprint density at radius 2 is 1.09 bits per heavy atom. The minimum atomic E-state index is 0.875. The monoisotopic (exact) mass is 732 g/mol. The molecule has 0 fully saturated rings. The fourth-order valence-corrected chi connectivity index (χ4v) is 10.0. The fraction of sp³-hybridized carbons (Fsp3) is 0. The molecule has 0 saturated heterocycles. The highest BCUT2D eigenvalue weighted by Gasteiger charge is 2.23. The average molecular weight is 733 g/mol. The van der Waals surface area contributed by atoms with Crippen LogP contribution in [0.25, 0.3) is 91.5 Å². The number of furan rings is 1. The summed E-state index contributed by atoms with van der Waals surface area (Å²) in [6.45, 7) is 0. The molecule has 9 aromatic carbocycles. The third kappa shape index (κ3) is 4.63. The molecule has 0 aliphatic carbocycles. The van der Waals surface area contributed by atoms with Crippen LogP contribution in [0.15, 0.2) is 199 Å². The molecule has 0 atom stereocenters. The molecule has 0 unspecified atom stereocenters. The normalized spacial score (nSPS) is 11.9. The van der Waals surface area contributed by atoms with Crippen molar-refractivity contribution in [3.8, 4) is 16.8 Å². The Morgan fingerprint density at radius 3 is 1.96 bits per heavy atom. The van der Waals surface area contributed by atoms with Gasteiger partial charge < -0.3 is 13.9 Å². The van der Waals surface area contributed by atoms with E-state index in [-0.39, 0.29) is 0 Å². The number of fused-ring (bicyclic) bond motifs is 11. The summed E-state index contributed by atoms with van der Waals surface area (Å²) in [7, 11) is 0. The molecule has 262 valence electrons. The molecule has 0 bridgehead atoms. The van der Waals surface area contributed by atoms with Crippen molar-refractivity contribution in [2.24, 2.45) is 0 Å². The number of anilines is 3. The molecule has 0 aliphatic rings. The number of hydrogen-bond acceptors (Lipinski definition) is 3. The molecule has 4 heteroatoms. The van der Waals surface area contributed by atoms with Gasteiger partial charge in [0.15, 0.2) is 0 Å². The summed E-state index contributed by atoms with van der Waals surface area (Å²) >= 11 is 1.85. The van der Waals surface area contributed by atoms with E-state index in [0.29, 0.717) is 0 Å². The van der Waals surface area contributed by atoms with Gasteiger partial charge in [-0.05, 0) is 89.3 Å². The highest BCUT2D eigenvalue weighted by atomic mass is 32.1. The average Bonchev–Trinajstić information content (AvgIpc) is 3.94. The fourth-order valence-electron chi connectivity index (χ4n) is 8.88. The van der Waals surface area contributed by atoms with E-state index in [1.807, 2.05) is 11.3 Å². The smallest absolute Gasteiger partial charge is 0.143 e. The van der Waals surface area contributed by atoms with Gasteiger partial charge in [-0.2, -0.15) is 0 Å². The molecule has 0 N–H and O–H groups in total. The Balaban J connectivity index is 1.07. The quantitative estimate of drug-likeness (QED) is 0.176. The maximum Gasteiger partial charge on any atom is 0.143 e. The molecular formula is C52H32N2OS. The molecular weight excluding hydrogens is 701 g/mol. The first-order valence-electron chi connectivity index (χ1n) is 19.0. The minimum absolute atomic E-state index is 0.875. The zero-order valence-electron chi connectivity index (χ0n) is 30.2. The van der Waals surface area contributed by atoms with Gasteiger partial charge >= 0.3 is 0 Å². The molecule has 56 heavy (non-hydrogen) atoms. The first kappa shape index (κ1) is 31.2. The van der Waals surface area contributed by atoms with Crippen molar-refractivity contribution >= 4 is 103 Å². The van der Waals surface area contributed by atoms with Gasteiger partial charge in [0.05, 0.1) is 27.8 Å². The minimum Gasteiger partial charge on any atom is -0.455 e. The molecule has 0 saturated carbocycles. The van der Waals surface area contributed by atoms with E-state index in [9.17, 15) is 0 Å². The summed E-state index contributed by atoms with van der Waals surface area (Å²) < 4.78 is 11.7. The van der Waals surface area contributed by atoms with E-state index in [0.717, 1.165) is 55.6 Å². The number of rotatable bonds is 5. The molecule has 0 amide bonds. The summed E-state index contributed by atoms with van der Waals surface area (Å²) in [5.74, 6) is 0. The van der Waals surface area contributed by atoms with Crippen LogP contribution in [0, 0.1) is 0 Å². The zero-order valence-corrected chi connectivity index (χ0v) is 31.0. The second-order valence-electron chi connectivity index (χ2n) is 14.5. The summed E-state index contributed by atoms with van der Waals surface area (Å²) in [4.78, 5) is 2.44. The molecule has 3 aromatic heterocycles. The second kappa shape index (κ2) is 12.2. The third-order valence-corrected chi connectivity index (χ3v) is 12.5. The van der Waals surface area contributed by atoms with Crippen molar-refractivity contribution in [3.63, 3.8) is 0 Å². The van der Waals surface area contributed by atoms with Crippen LogP contribution < -0.4 is 4.90 Å². The van der Waals surface area contributed by atoms with Gasteiger partial charge in [-0.15, -0.1) is 11.3 Å². The van der Waals surface area contributed by atoms with E-state index in [1.54, 1.807) is 0 Å². The number of thiophene rings is 1. The molecule has 12 rings (SSSR count). The first-order chi connectivity index (χ1) is 27.8. The lowest BCUT2D eigenvalue weighted by molar-refractivity contribution is 0.672. The predicted molar refractivity (Wildman–Crippen MR) is 239 cm³/mol. The lowest BCUT2D eigenvalue weighted by atomic mass is 10.0. The predicted octanol–water partition coefficient (Wildman–Crippen LogP) is 15.3. The zero-order chi connectivity index (χ0) is 36.7. The van der Waals surface area contributed by atoms with Gasteiger partial charge in [0, 0.05) is 53.1 Å². The van der Waals surface area contributed by atoms with Crippen molar-refractivity contribution in [1.29, 1.82) is 0 Å². The number of hydrogen-bond donors (Lipinski definition) is 0. The van der Waals surface area contributed by atoms with E-state index < -0.39 is 0 Å². The summed E-state index contributed by atoms with van der Waals surface area (Å²) in [6.07, 6.45) is 0. The highest BCUT2D eigenvalue weighted by molar-refractivity contribution is 7.26. The van der Waals surface area contributed by atoms with Crippen LogP contribution in [0.4, 0.5) is 17.1 Å². The number of para-hydroxylation sites is 2. The van der Waals surface area contributed by atoms with Crippen LogP contribution in [-0.2, 0) is 0 Å². The maximum absolute atomic E-state index is 6.72. The van der Waals surface area contributed by atoms with Crippen LogP contribution >= 0.6 is 11.3 Å². The molecule has 3 heterocycles. The van der Waals surface area contributed by atoms with E-state index >= 15 is 0 Å². The number of aromatic nitrogens is 1. The SMILES string of the molecule is c1ccc(-n2c3ccccc3c3ccc(-c4ccc(N(c5cccc6oc7c8ccccc8ccc7c56)c5cccc6sc7ccccc7c56)cc4)cc32)cc1. The maximum atomic E-state index is 6.72. The van der Waals surface area contributed by atoms with Gasteiger partial charge in [0.25, 0.3) is 0 Å². The number of nitrogens with zero attached hydrogens (tertiary/aromatic N) is 2. The Hall–Kier alpha value is -7.14. The molecule has 0 aliphatic heterocycles. The standard InChI is InChI=1S/C52H32N2OS/c1-2-13-36(14-3-1)53-43-18-8-6-16-39(43)40-30-27-35(32-46(40)53)33-24-28-37(29-25-33)54(45-20-11-23-49-51(45)41-17-7-9-22-48(41)56-49)44-19-10-21-47-50(44)42-31-26-34-12-4-5-15-38(34)52(42)55-47/h1-32H. The molecule has 12 aromatic rings. The Morgan fingerprint density at radius 1 is 0.429 bits per heavy atom. The Bertz CT molecular complexity index is 3480. The first-order valence-corrected chi connectivity index (χ1v) is 19.8. The van der Waals surface area contributed by atoms with Gasteiger partial charge in [0.2, 0.25) is 0 Å². The lowest BCUT2D eigenvalue weighted by Gasteiger charge is -2.27. The van der Waals surface area contributed by atoms with E-state index in [2.05, 4.69) is 204 Å². The van der Waals surface area contributed by atoms with Gasteiger partial charge in [-0.3, -0.25) is 0 Å². The summed E-state index contributed by atoms with van der Waals surface area (Å²) in [5.41, 5.74) is 11.0. The Kier molecular flexibility index (Phi) is 6.80. The van der Waals surface area contributed by atoms with Crippen molar-refractivity contribution in [1.82, 2.24) is 4.57 Å². The van der Waals surface area contributed by atoms with Crippen LogP contribution in [0.3, 0.4) is 0 Å². The van der Waals surface area contributed by atoms with Crippen molar-refractivity contribution < 1.29 is 4.42 Å². The van der Waals surface area contributed by atoms with Crippen molar-refractivity contribution in [2.75, 3.05) is 4.90 Å². The lowest BCUT2D eigenvalue weighted by Crippen LogP contribution is -2.10. The topological polar surface area (TPSA) is 21.3 Å². The van der Waals surface area contributed by atoms with Crippen LogP contribution in [0.1, 0.15) is 0 Å². The van der Waals surface area contributed by atoms with Crippen LogP contribution in [-0.4, -0.2) is 4.57 Å². The van der Waals surface area contributed by atoms with E-state index in [4.69, 9.17) is 4.42 Å². The molecule has 0 spiro atoms. The van der Waals surface area contributed by atoms with Crippen LogP contribution in [0.5, 0.6) is 0 Å². The van der Waals surface area contributed by atoms with Crippen molar-refractivity contribution in [3.05, 3.63) is 194 Å². The number of benzene rings is 9. The third-order valence-electron chi connectivity index (χ3n) is 11.4. The molecule has 3 nitrogen and oxygen atoms in total. The molecule has 0 radical (unpaired) electrons. The van der Waals surface area contributed by atoms with E-state index in [1.165, 1.54) is 52.9 Å². The second-order valence-corrected chi connectivity index (χ2v) is 15.6.